The lowest BCUT2D eigenvalue weighted by Gasteiger charge is -2.29. The van der Waals surface area contributed by atoms with Crippen LogP contribution in [0.4, 0.5) is 0 Å². The van der Waals surface area contributed by atoms with Crippen LogP contribution in [0.15, 0.2) is 36.4 Å². The van der Waals surface area contributed by atoms with E-state index >= 15 is 0 Å². The molecule has 1 heterocycles. The van der Waals surface area contributed by atoms with Crippen LogP contribution in [0, 0.1) is 0 Å². The van der Waals surface area contributed by atoms with Crippen molar-refractivity contribution >= 4 is 11.8 Å². The van der Waals surface area contributed by atoms with Crippen molar-refractivity contribution in [2.45, 2.75) is 90.9 Å². The highest BCUT2D eigenvalue weighted by Gasteiger charge is 2.47. The lowest BCUT2D eigenvalue weighted by molar-refractivity contribution is -0.125. The van der Waals surface area contributed by atoms with Crippen LogP contribution in [0.1, 0.15) is 124 Å². The quantitative estimate of drug-likeness (QED) is 0.529. The maximum absolute atomic E-state index is 13.3. The zero-order valence-corrected chi connectivity index (χ0v) is 20.2. The molecule has 0 aliphatic carbocycles. The molecule has 0 radical (unpaired) electrons. The number of rotatable bonds is 6. The normalized spacial score (nSPS) is 19.2. The second-order valence-corrected chi connectivity index (χ2v) is 10.1. The molecule has 0 saturated carbocycles. The fourth-order valence-corrected chi connectivity index (χ4v) is 5.11. The van der Waals surface area contributed by atoms with Gasteiger partial charge in [-0.1, -0.05) is 91.8 Å². The molecular formula is C28H37NO2. The van der Waals surface area contributed by atoms with Crippen molar-refractivity contribution in [3.63, 3.8) is 0 Å². The van der Waals surface area contributed by atoms with Crippen LogP contribution in [0.2, 0.25) is 0 Å². The Bertz CT molecular complexity index is 853. The Kier molecular flexibility index (Phi) is 6.73. The van der Waals surface area contributed by atoms with Crippen LogP contribution >= 0.6 is 0 Å². The maximum atomic E-state index is 13.3. The highest BCUT2D eigenvalue weighted by molar-refractivity contribution is 6.11. The highest BCUT2D eigenvalue weighted by atomic mass is 16.2. The van der Waals surface area contributed by atoms with E-state index in [0.717, 1.165) is 11.1 Å². The molecule has 3 nitrogen and oxygen atoms in total. The average molecular weight is 420 g/mol. The van der Waals surface area contributed by atoms with Crippen molar-refractivity contribution < 1.29 is 9.59 Å². The minimum Gasteiger partial charge on any atom is -0.295 e. The molecule has 2 amide bonds. The van der Waals surface area contributed by atoms with Gasteiger partial charge in [-0.15, -0.1) is 0 Å². The molecule has 0 spiro atoms. The third-order valence-corrected chi connectivity index (χ3v) is 6.60. The molecule has 3 heteroatoms. The molecule has 3 rings (SSSR count). The summed E-state index contributed by atoms with van der Waals surface area (Å²) >= 11 is 0. The van der Waals surface area contributed by atoms with E-state index in [1.165, 1.54) is 22.3 Å². The summed E-state index contributed by atoms with van der Waals surface area (Å²) in [6, 6.07) is 12.7. The first-order valence-corrected chi connectivity index (χ1v) is 11.7. The first-order valence-electron chi connectivity index (χ1n) is 11.7. The Balaban J connectivity index is 2.35. The molecule has 2 unspecified atom stereocenters. The lowest BCUT2D eigenvalue weighted by atomic mass is 9.72. The highest BCUT2D eigenvalue weighted by Crippen LogP contribution is 2.47. The molecule has 2 atom stereocenters. The van der Waals surface area contributed by atoms with Gasteiger partial charge in [0.2, 0.25) is 11.8 Å². The van der Waals surface area contributed by atoms with Crippen LogP contribution in [-0.4, -0.2) is 11.8 Å². The van der Waals surface area contributed by atoms with Crippen molar-refractivity contribution in [2.24, 2.45) is 0 Å². The van der Waals surface area contributed by atoms with Gasteiger partial charge in [0.25, 0.3) is 0 Å². The molecular weight excluding hydrogens is 382 g/mol. The Morgan fingerprint density at radius 1 is 0.548 bits per heavy atom. The van der Waals surface area contributed by atoms with Gasteiger partial charge in [-0.3, -0.25) is 14.9 Å². The second-order valence-electron chi connectivity index (χ2n) is 10.1. The molecule has 1 saturated heterocycles. The second kappa shape index (κ2) is 8.98. The van der Waals surface area contributed by atoms with Crippen LogP contribution in [0.5, 0.6) is 0 Å². The summed E-state index contributed by atoms with van der Waals surface area (Å²) < 4.78 is 0. The zero-order chi connectivity index (χ0) is 23.0. The van der Waals surface area contributed by atoms with E-state index in [2.05, 4.69) is 97.1 Å². The first kappa shape index (κ1) is 23.2. The fraction of sp³-hybridized carbons (Fsp3) is 0.500. The molecule has 0 bridgehead atoms. The average Bonchev–Trinajstić information content (AvgIpc) is 2.99. The third kappa shape index (κ3) is 4.20. The standard InChI is InChI=1S/C28H37NO2/c1-15(2)19-11-9-12-20(16(3)4)23(19)25-26(28(31)29-27(25)30)24-21(17(5)6)13-10-14-22(24)18(7)8/h9-18,25-26H,1-8H3,(H,29,30,31). The van der Waals surface area contributed by atoms with Crippen molar-refractivity contribution in [2.75, 3.05) is 0 Å². The first-order chi connectivity index (χ1) is 14.6. The number of carbonyl (C=O) groups excluding carboxylic acids is 2. The number of imide groups is 1. The molecule has 31 heavy (non-hydrogen) atoms. The Morgan fingerprint density at radius 3 is 1.03 bits per heavy atom. The molecule has 2 aromatic rings. The minimum atomic E-state index is -0.499. The topological polar surface area (TPSA) is 46.2 Å². The van der Waals surface area contributed by atoms with Gasteiger partial charge in [0.1, 0.15) is 0 Å². The molecule has 1 aliphatic heterocycles. The number of hydrogen-bond acceptors (Lipinski definition) is 2. The lowest BCUT2D eigenvalue weighted by Crippen LogP contribution is -2.22. The molecule has 2 aromatic carbocycles. The fourth-order valence-electron chi connectivity index (χ4n) is 5.11. The predicted molar refractivity (Wildman–Crippen MR) is 128 cm³/mol. The van der Waals surface area contributed by atoms with E-state index in [4.69, 9.17) is 0 Å². The smallest absolute Gasteiger partial charge is 0.235 e. The minimum absolute atomic E-state index is 0.168. The Morgan fingerprint density at radius 2 is 0.806 bits per heavy atom. The summed E-state index contributed by atoms with van der Waals surface area (Å²) in [5.74, 6) is -0.269. The number of hydrogen-bond donors (Lipinski definition) is 1. The van der Waals surface area contributed by atoms with Gasteiger partial charge >= 0.3 is 0 Å². The van der Waals surface area contributed by atoms with Crippen LogP contribution in [0.25, 0.3) is 0 Å². The summed E-state index contributed by atoms with van der Waals surface area (Å²) in [6.45, 7) is 17.3. The number of nitrogens with one attached hydrogen (secondary N) is 1. The van der Waals surface area contributed by atoms with Gasteiger partial charge in [-0.05, 0) is 57.1 Å². The van der Waals surface area contributed by atoms with Gasteiger partial charge in [0, 0.05) is 0 Å². The van der Waals surface area contributed by atoms with Gasteiger partial charge in [-0.25, -0.2) is 0 Å². The van der Waals surface area contributed by atoms with Crippen LogP contribution < -0.4 is 5.32 Å². The summed E-state index contributed by atoms with van der Waals surface area (Å²) in [6.07, 6.45) is 0. The number of benzene rings is 2. The third-order valence-electron chi connectivity index (χ3n) is 6.60. The largest absolute Gasteiger partial charge is 0.295 e. The van der Waals surface area contributed by atoms with Gasteiger partial charge in [-0.2, -0.15) is 0 Å². The van der Waals surface area contributed by atoms with E-state index in [1.807, 2.05) is 0 Å². The summed E-state index contributed by atoms with van der Waals surface area (Å²) in [4.78, 5) is 26.7. The zero-order valence-electron chi connectivity index (χ0n) is 20.2. The van der Waals surface area contributed by atoms with E-state index in [-0.39, 0.29) is 35.5 Å². The SMILES string of the molecule is CC(C)c1cccc(C(C)C)c1C1C(=O)NC(=O)C1c1c(C(C)C)cccc1C(C)C. The van der Waals surface area contributed by atoms with E-state index in [1.54, 1.807) is 0 Å². The predicted octanol–water partition coefficient (Wildman–Crippen LogP) is 6.70. The summed E-state index contributed by atoms with van der Waals surface area (Å²) in [5.41, 5.74) is 6.76. The van der Waals surface area contributed by atoms with E-state index < -0.39 is 11.8 Å². The molecule has 0 aromatic heterocycles. The molecule has 1 fully saturated rings. The van der Waals surface area contributed by atoms with Gasteiger partial charge in [0.05, 0.1) is 11.8 Å². The van der Waals surface area contributed by atoms with Crippen molar-refractivity contribution in [3.8, 4) is 0 Å². The van der Waals surface area contributed by atoms with Crippen molar-refractivity contribution in [1.29, 1.82) is 0 Å². The van der Waals surface area contributed by atoms with E-state index in [0.29, 0.717) is 0 Å². The Labute approximate surface area is 187 Å². The van der Waals surface area contributed by atoms with Crippen molar-refractivity contribution in [3.05, 3.63) is 69.8 Å². The van der Waals surface area contributed by atoms with E-state index in [9.17, 15) is 9.59 Å². The van der Waals surface area contributed by atoms with Crippen LogP contribution in [-0.2, 0) is 9.59 Å². The molecule has 1 N–H and O–H groups in total. The van der Waals surface area contributed by atoms with Gasteiger partial charge < -0.3 is 0 Å². The Hall–Kier alpha value is -2.42. The molecule has 1 aliphatic rings. The number of carbonyl (C=O) groups is 2. The van der Waals surface area contributed by atoms with Crippen molar-refractivity contribution in [1.82, 2.24) is 5.32 Å². The number of amides is 2. The van der Waals surface area contributed by atoms with Crippen LogP contribution in [0.3, 0.4) is 0 Å². The summed E-state index contributed by atoms with van der Waals surface area (Å²) in [7, 11) is 0. The van der Waals surface area contributed by atoms with Gasteiger partial charge in [0.15, 0.2) is 0 Å². The molecule has 166 valence electrons. The summed E-state index contributed by atoms with van der Waals surface area (Å²) in [5, 5.41) is 2.70. The monoisotopic (exact) mass is 419 g/mol. The maximum Gasteiger partial charge on any atom is 0.235 e.